The van der Waals surface area contributed by atoms with Crippen molar-refractivity contribution in [2.24, 2.45) is 0 Å². The van der Waals surface area contributed by atoms with Gasteiger partial charge in [0.05, 0.1) is 18.5 Å². The Hall–Kier alpha value is -1.92. The summed E-state index contributed by atoms with van der Waals surface area (Å²) in [6, 6.07) is 10.2. The lowest BCUT2D eigenvalue weighted by Gasteiger charge is -2.23. The van der Waals surface area contributed by atoms with Crippen molar-refractivity contribution in [3.05, 3.63) is 64.4 Å². The molecule has 0 amide bonds. The highest BCUT2D eigenvalue weighted by Crippen LogP contribution is 2.26. The van der Waals surface area contributed by atoms with Gasteiger partial charge in [-0.15, -0.1) is 0 Å². The number of rotatable bonds is 5. The summed E-state index contributed by atoms with van der Waals surface area (Å²) in [4.78, 5) is 11.3. The number of halogens is 2. The van der Waals surface area contributed by atoms with E-state index in [0.29, 0.717) is 11.3 Å². The number of anilines is 1. The molecular formula is C16H15ClFNO3S. The number of benzene rings is 2. The molecular weight excluding hydrogens is 341 g/mol. The minimum Gasteiger partial charge on any atom is -0.295 e. The Morgan fingerprint density at radius 1 is 1.17 bits per heavy atom. The molecule has 2 rings (SSSR count). The van der Waals surface area contributed by atoms with Crippen molar-refractivity contribution in [2.45, 2.75) is 13.5 Å². The molecule has 0 bridgehead atoms. The van der Waals surface area contributed by atoms with E-state index in [-0.39, 0.29) is 22.9 Å². The van der Waals surface area contributed by atoms with E-state index in [1.54, 1.807) is 0 Å². The van der Waals surface area contributed by atoms with Crippen LogP contribution in [0.3, 0.4) is 0 Å². The number of Topliss-reactive ketones (excluding diaryl/α,β-unsaturated/α-hetero) is 1. The van der Waals surface area contributed by atoms with Gasteiger partial charge in [0.2, 0.25) is 10.0 Å². The van der Waals surface area contributed by atoms with E-state index < -0.39 is 15.8 Å². The third-order valence-electron chi connectivity index (χ3n) is 3.33. The molecule has 23 heavy (non-hydrogen) atoms. The topological polar surface area (TPSA) is 54.5 Å². The Morgan fingerprint density at radius 3 is 2.26 bits per heavy atom. The average Bonchev–Trinajstić information content (AvgIpc) is 2.46. The molecule has 0 saturated heterocycles. The fourth-order valence-corrected chi connectivity index (χ4v) is 3.18. The predicted molar refractivity (Wildman–Crippen MR) is 88.9 cm³/mol. The molecule has 0 radical (unpaired) electrons. The molecule has 0 atom stereocenters. The first-order valence-electron chi connectivity index (χ1n) is 6.72. The van der Waals surface area contributed by atoms with E-state index >= 15 is 0 Å². The Balaban J connectivity index is 2.45. The second-order valence-corrected chi connectivity index (χ2v) is 7.39. The van der Waals surface area contributed by atoms with E-state index in [1.165, 1.54) is 49.4 Å². The first-order chi connectivity index (χ1) is 10.7. The monoisotopic (exact) mass is 355 g/mol. The van der Waals surface area contributed by atoms with Crippen LogP contribution in [0.5, 0.6) is 0 Å². The lowest BCUT2D eigenvalue weighted by molar-refractivity contribution is 0.101. The number of carbonyl (C=O) groups excluding carboxylic acids is 1. The lowest BCUT2D eigenvalue weighted by Crippen LogP contribution is -2.29. The quantitative estimate of drug-likeness (QED) is 0.769. The maximum atomic E-state index is 13.9. The van der Waals surface area contributed by atoms with Crippen LogP contribution in [0.4, 0.5) is 10.1 Å². The van der Waals surface area contributed by atoms with Crippen molar-refractivity contribution in [3.8, 4) is 0 Å². The molecule has 0 heterocycles. The van der Waals surface area contributed by atoms with Crippen LogP contribution in [0.15, 0.2) is 42.5 Å². The highest BCUT2D eigenvalue weighted by molar-refractivity contribution is 7.92. The molecule has 2 aromatic rings. The van der Waals surface area contributed by atoms with E-state index in [0.717, 1.165) is 10.6 Å². The summed E-state index contributed by atoms with van der Waals surface area (Å²) in [6.07, 6.45) is 1.03. The zero-order chi connectivity index (χ0) is 17.2. The van der Waals surface area contributed by atoms with Gasteiger partial charge in [-0.3, -0.25) is 9.10 Å². The zero-order valence-corrected chi connectivity index (χ0v) is 14.2. The second kappa shape index (κ2) is 6.68. The molecule has 0 aliphatic rings. The number of hydrogen-bond acceptors (Lipinski definition) is 3. The fourth-order valence-electron chi connectivity index (χ4n) is 2.09. The van der Waals surface area contributed by atoms with Crippen molar-refractivity contribution in [1.82, 2.24) is 0 Å². The maximum Gasteiger partial charge on any atom is 0.232 e. The molecule has 122 valence electrons. The summed E-state index contributed by atoms with van der Waals surface area (Å²) >= 11 is 5.97. The Morgan fingerprint density at radius 2 is 1.78 bits per heavy atom. The number of hydrogen-bond donors (Lipinski definition) is 0. The number of carbonyl (C=O) groups is 1. The Kier molecular flexibility index (Phi) is 5.06. The molecule has 4 nitrogen and oxygen atoms in total. The molecule has 0 fully saturated rings. The molecule has 0 N–H and O–H groups in total. The van der Waals surface area contributed by atoms with E-state index in [9.17, 15) is 17.6 Å². The third-order valence-corrected chi connectivity index (χ3v) is 4.82. The number of sulfonamides is 1. The Bertz CT molecular complexity index is 815. The fraction of sp³-hybridized carbons (Fsp3) is 0.188. The summed E-state index contributed by atoms with van der Waals surface area (Å²) in [7, 11) is -3.66. The molecule has 0 saturated carbocycles. The van der Waals surface area contributed by atoms with Crippen molar-refractivity contribution in [2.75, 3.05) is 10.6 Å². The van der Waals surface area contributed by atoms with Crippen LogP contribution in [-0.4, -0.2) is 20.5 Å². The molecule has 0 spiro atoms. The lowest BCUT2D eigenvalue weighted by atomic mass is 10.1. The van der Waals surface area contributed by atoms with Crippen LogP contribution in [0, 0.1) is 5.82 Å². The normalized spacial score (nSPS) is 11.3. The standard InChI is InChI=1S/C16H15ClFNO3S/c1-11(20)12-6-8-13(9-7-12)19(23(2,21)22)10-14-15(17)4-3-5-16(14)18/h3-9H,10H2,1-2H3. The SMILES string of the molecule is CC(=O)c1ccc(N(Cc2c(F)cccc2Cl)S(C)(=O)=O)cc1. The first kappa shape index (κ1) is 17.4. The van der Waals surface area contributed by atoms with Gasteiger partial charge >= 0.3 is 0 Å². The summed E-state index contributed by atoms with van der Waals surface area (Å²) in [5.74, 6) is -0.703. The van der Waals surface area contributed by atoms with Crippen LogP contribution in [0.2, 0.25) is 5.02 Å². The molecule has 7 heteroatoms. The minimum atomic E-state index is -3.66. The third kappa shape index (κ3) is 4.09. The predicted octanol–water partition coefficient (Wildman–Crippen LogP) is 3.65. The first-order valence-corrected chi connectivity index (χ1v) is 8.94. The average molecular weight is 356 g/mol. The van der Waals surface area contributed by atoms with Gasteiger partial charge in [0, 0.05) is 16.1 Å². The van der Waals surface area contributed by atoms with Crippen LogP contribution in [0.1, 0.15) is 22.8 Å². The maximum absolute atomic E-state index is 13.9. The van der Waals surface area contributed by atoms with Crippen LogP contribution < -0.4 is 4.31 Å². The largest absolute Gasteiger partial charge is 0.295 e. The van der Waals surface area contributed by atoms with Crippen LogP contribution in [-0.2, 0) is 16.6 Å². The van der Waals surface area contributed by atoms with Gasteiger partial charge in [0.15, 0.2) is 5.78 Å². The van der Waals surface area contributed by atoms with Gasteiger partial charge in [-0.25, -0.2) is 12.8 Å². The van der Waals surface area contributed by atoms with Crippen molar-refractivity contribution in [3.63, 3.8) is 0 Å². The molecule has 0 aliphatic carbocycles. The van der Waals surface area contributed by atoms with E-state index in [1.807, 2.05) is 0 Å². The van der Waals surface area contributed by atoms with E-state index in [2.05, 4.69) is 0 Å². The van der Waals surface area contributed by atoms with Gasteiger partial charge in [-0.2, -0.15) is 0 Å². The van der Waals surface area contributed by atoms with E-state index in [4.69, 9.17) is 11.6 Å². The Labute approximate surface area is 139 Å². The van der Waals surface area contributed by atoms with Gasteiger partial charge in [0.1, 0.15) is 5.82 Å². The van der Waals surface area contributed by atoms with Gasteiger partial charge in [0.25, 0.3) is 0 Å². The highest BCUT2D eigenvalue weighted by Gasteiger charge is 2.21. The summed E-state index contributed by atoms with van der Waals surface area (Å²) in [6.45, 7) is 1.19. The van der Waals surface area contributed by atoms with Gasteiger partial charge < -0.3 is 0 Å². The zero-order valence-electron chi connectivity index (χ0n) is 12.6. The molecule has 0 aliphatic heterocycles. The second-order valence-electron chi connectivity index (χ2n) is 5.07. The smallest absolute Gasteiger partial charge is 0.232 e. The van der Waals surface area contributed by atoms with Crippen molar-refractivity contribution in [1.29, 1.82) is 0 Å². The minimum absolute atomic E-state index is 0.0928. The number of nitrogens with zero attached hydrogens (tertiary/aromatic N) is 1. The number of ketones is 1. The van der Waals surface area contributed by atoms with Crippen LogP contribution >= 0.6 is 11.6 Å². The molecule has 0 unspecified atom stereocenters. The van der Waals surface area contributed by atoms with Gasteiger partial charge in [-0.1, -0.05) is 17.7 Å². The summed E-state index contributed by atoms with van der Waals surface area (Å²) < 4.78 is 39.1. The summed E-state index contributed by atoms with van der Waals surface area (Å²) in [5, 5.41) is 0.152. The molecule has 0 aromatic heterocycles. The van der Waals surface area contributed by atoms with Crippen molar-refractivity contribution < 1.29 is 17.6 Å². The summed E-state index contributed by atoms with van der Waals surface area (Å²) in [5.41, 5.74) is 0.887. The van der Waals surface area contributed by atoms with Crippen LogP contribution in [0.25, 0.3) is 0 Å². The highest BCUT2D eigenvalue weighted by atomic mass is 35.5. The molecule has 2 aromatic carbocycles. The van der Waals surface area contributed by atoms with Gasteiger partial charge in [-0.05, 0) is 43.3 Å². The van der Waals surface area contributed by atoms with Crippen molar-refractivity contribution >= 4 is 33.1 Å².